The standard InChI is InChI=1S/C7H12F3NO2/c1-4(7(8,9)10)2-3-5(11)6(12)13/h4-5H,2-3,11H2,1H3,(H,12,13). The molecule has 0 aliphatic rings. The van der Waals surface area contributed by atoms with Gasteiger partial charge in [0.05, 0.1) is 5.92 Å². The van der Waals surface area contributed by atoms with Gasteiger partial charge in [0.1, 0.15) is 6.04 Å². The summed E-state index contributed by atoms with van der Waals surface area (Å²) in [5, 5.41) is 8.29. The summed E-state index contributed by atoms with van der Waals surface area (Å²) in [6.45, 7) is 1.01. The van der Waals surface area contributed by atoms with Crippen LogP contribution >= 0.6 is 0 Å². The Hall–Kier alpha value is -0.780. The lowest BCUT2D eigenvalue weighted by atomic mass is 10.0. The third kappa shape index (κ3) is 4.72. The second kappa shape index (κ2) is 4.45. The van der Waals surface area contributed by atoms with Gasteiger partial charge in [-0.05, 0) is 12.8 Å². The Morgan fingerprint density at radius 1 is 1.46 bits per heavy atom. The van der Waals surface area contributed by atoms with Crippen molar-refractivity contribution in [1.29, 1.82) is 0 Å². The minimum absolute atomic E-state index is 0.157. The smallest absolute Gasteiger partial charge is 0.391 e. The van der Waals surface area contributed by atoms with Crippen LogP contribution in [0.4, 0.5) is 13.2 Å². The lowest BCUT2D eigenvalue weighted by molar-refractivity contribution is -0.172. The van der Waals surface area contributed by atoms with Crippen LogP contribution in [0.15, 0.2) is 0 Å². The summed E-state index contributed by atoms with van der Waals surface area (Å²) >= 11 is 0. The van der Waals surface area contributed by atoms with Crippen LogP contribution in [0.5, 0.6) is 0 Å². The van der Waals surface area contributed by atoms with Gasteiger partial charge in [0.25, 0.3) is 0 Å². The van der Waals surface area contributed by atoms with E-state index in [1.807, 2.05) is 0 Å². The quantitative estimate of drug-likeness (QED) is 0.718. The van der Waals surface area contributed by atoms with Gasteiger partial charge in [-0.2, -0.15) is 13.2 Å². The molecule has 2 atom stereocenters. The van der Waals surface area contributed by atoms with E-state index in [4.69, 9.17) is 10.8 Å². The zero-order valence-corrected chi connectivity index (χ0v) is 7.14. The molecular formula is C7H12F3NO2. The van der Waals surface area contributed by atoms with E-state index in [1.54, 1.807) is 0 Å². The number of aliphatic carboxylic acids is 1. The highest BCUT2D eigenvalue weighted by atomic mass is 19.4. The van der Waals surface area contributed by atoms with Crippen molar-refractivity contribution < 1.29 is 23.1 Å². The molecule has 0 aromatic heterocycles. The normalized spacial score (nSPS) is 16.7. The first-order valence-electron chi connectivity index (χ1n) is 3.80. The van der Waals surface area contributed by atoms with Gasteiger partial charge in [-0.3, -0.25) is 4.79 Å². The third-order valence-electron chi connectivity index (χ3n) is 1.79. The maximum Gasteiger partial charge on any atom is 0.391 e. The maximum atomic E-state index is 11.9. The predicted octanol–water partition coefficient (Wildman–Crippen LogP) is 1.38. The van der Waals surface area contributed by atoms with Gasteiger partial charge < -0.3 is 10.8 Å². The van der Waals surface area contributed by atoms with E-state index in [-0.39, 0.29) is 12.8 Å². The van der Waals surface area contributed by atoms with Gasteiger partial charge in [0.2, 0.25) is 0 Å². The number of nitrogens with two attached hydrogens (primary N) is 1. The molecule has 3 N–H and O–H groups in total. The predicted molar refractivity (Wildman–Crippen MR) is 40.1 cm³/mol. The molecule has 0 aliphatic heterocycles. The Bertz CT molecular complexity index is 181. The van der Waals surface area contributed by atoms with Crippen LogP contribution in [-0.2, 0) is 4.79 Å². The molecule has 0 amide bonds. The number of rotatable bonds is 4. The molecule has 2 unspecified atom stereocenters. The first-order valence-corrected chi connectivity index (χ1v) is 3.80. The van der Waals surface area contributed by atoms with Gasteiger partial charge in [-0.15, -0.1) is 0 Å². The number of alkyl halides is 3. The summed E-state index contributed by atoms with van der Waals surface area (Å²) in [7, 11) is 0. The second-order valence-electron chi connectivity index (χ2n) is 2.96. The Labute approximate surface area is 73.7 Å². The topological polar surface area (TPSA) is 63.3 Å². The third-order valence-corrected chi connectivity index (χ3v) is 1.79. The summed E-state index contributed by atoms with van der Waals surface area (Å²) in [6, 6.07) is -1.20. The van der Waals surface area contributed by atoms with E-state index in [0.29, 0.717) is 0 Å². The molecular weight excluding hydrogens is 187 g/mol. The Morgan fingerprint density at radius 2 is 1.92 bits per heavy atom. The van der Waals surface area contributed by atoms with Gasteiger partial charge in [-0.25, -0.2) is 0 Å². The fourth-order valence-corrected chi connectivity index (χ4v) is 0.717. The molecule has 3 nitrogen and oxygen atoms in total. The highest BCUT2D eigenvalue weighted by molar-refractivity contribution is 5.72. The molecule has 6 heteroatoms. The average molecular weight is 199 g/mol. The minimum atomic E-state index is -4.27. The molecule has 13 heavy (non-hydrogen) atoms. The summed E-state index contributed by atoms with van der Waals surface area (Å²) < 4.78 is 35.7. The van der Waals surface area contributed by atoms with Crippen LogP contribution in [-0.4, -0.2) is 23.3 Å². The molecule has 0 heterocycles. The molecule has 0 saturated heterocycles. The molecule has 0 radical (unpaired) electrons. The van der Waals surface area contributed by atoms with Crippen molar-refractivity contribution >= 4 is 5.97 Å². The highest BCUT2D eigenvalue weighted by Gasteiger charge is 2.35. The summed E-state index contributed by atoms with van der Waals surface area (Å²) in [5.74, 6) is -2.77. The number of halogens is 3. The Kier molecular flexibility index (Phi) is 4.19. The van der Waals surface area contributed by atoms with E-state index in [1.165, 1.54) is 0 Å². The Balaban J connectivity index is 3.83. The van der Waals surface area contributed by atoms with Crippen molar-refractivity contribution in [2.45, 2.75) is 32.0 Å². The molecule has 0 rings (SSSR count). The van der Waals surface area contributed by atoms with Crippen LogP contribution in [0.25, 0.3) is 0 Å². The van der Waals surface area contributed by atoms with Crippen molar-refractivity contribution in [3.05, 3.63) is 0 Å². The van der Waals surface area contributed by atoms with Crippen molar-refractivity contribution in [3.8, 4) is 0 Å². The first kappa shape index (κ1) is 12.2. The van der Waals surface area contributed by atoms with E-state index < -0.39 is 24.1 Å². The average Bonchev–Trinajstić information content (AvgIpc) is 1.97. The summed E-state index contributed by atoms with van der Waals surface area (Å²) in [5.41, 5.74) is 5.04. The molecule has 0 saturated carbocycles. The van der Waals surface area contributed by atoms with E-state index in [9.17, 15) is 18.0 Å². The maximum absolute atomic E-state index is 11.9. The lowest BCUT2D eigenvalue weighted by Gasteiger charge is -2.16. The van der Waals surface area contributed by atoms with Crippen molar-refractivity contribution in [2.24, 2.45) is 11.7 Å². The fourth-order valence-electron chi connectivity index (χ4n) is 0.717. The Morgan fingerprint density at radius 3 is 2.23 bits per heavy atom. The molecule has 0 aromatic carbocycles. The van der Waals surface area contributed by atoms with Gasteiger partial charge >= 0.3 is 12.1 Å². The fraction of sp³-hybridized carbons (Fsp3) is 0.857. The number of hydrogen-bond donors (Lipinski definition) is 2. The molecule has 78 valence electrons. The first-order chi connectivity index (χ1) is 5.75. The number of carboxylic acids is 1. The van der Waals surface area contributed by atoms with Crippen LogP contribution in [0.2, 0.25) is 0 Å². The van der Waals surface area contributed by atoms with Crippen LogP contribution in [0, 0.1) is 5.92 Å². The van der Waals surface area contributed by atoms with Crippen LogP contribution in [0.3, 0.4) is 0 Å². The molecule has 0 bridgehead atoms. The number of carboxylic acid groups (broad SMARTS) is 1. The zero-order chi connectivity index (χ0) is 10.6. The van der Waals surface area contributed by atoms with Crippen LogP contribution in [0.1, 0.15) is 19.8 Å². The number of carbonyl (C=O) groups is 1. The second-order valence-corrected chi connectivity index (χ2v) is 2.96. The van der Waals surface area contributed by atoms with E-state index >= 15 is 0 Å². The zero-order valence-electron chi connectivity index (χ0n) is 7.14. The van der Waals surface area contributed by atoms with E-state index in [0.717, 1.165) is 6.92 Å². The van der Waals surface area contributed by atoms with Gasteiger partial charge in [-0.1, -0.05) is 6.92 Å². The van der Waals surface area contributed by atoms with Gasteiger partial charge in [0.15, 0.2) is 0 Å². The molecule has 0 fully saturated rings. The highest BCUT2D eigenvalue weighted by Crippen LogP contribution is 2.29. The van der Waals surface area contributed by atoms with Crippen molar-refractivity contribution in [2.75, 3.05) is 0 Å². The minimum Gasteiger partial charge on any atom is -0.480 e. The monoisotopic (exact) mass is 199 g/mol. The van der Waals surface area contributed by atoms with E-state index in [2.05, 4.69) is 0 Å². The molecule has 0 aromatic rings. The van der Waals surface area contributed by atoms with Crippen molar-refractivity contribution in [3.63, 3.8) is 0 Å². The van der Waals surface area contributed by atoms with Crippen LogP contribution < -0.4 is 5.73 Å². The summed E-state index contributed by atoms with van der Waals surface area (Å²) in [4.78, 5) is 10.2. The summed E-state index contributed by atoms with van der Waals surface area (Å²) in [6.07, 6.45) is -4.68. The van der Waals surface area contributed by atoms with Crippen molar-refractivity contribution in [1.82, 2.24) is 0 Å². The lowest BCUT2D eigenvalue weighted by Crippen LogP contribution is -2.31. The number of hydrogen-bond acceptors (Lipinski definition) is 2. The molecule has 0 aliphatic carbocycles. The SMILES string of the molecule is CC(CCC(N)C(=O)O)C(F)(F)F. The largest absolute Gasteiger partial charge is 0.480 e. The molecule has 0 spiro atoms. The van der Waals surface area contributed by atoms with Gasteiger partial charge in [0, 0.05) is 0 Å².